The number of aryl methyl sites for hydroxylation is 1. The van der Waals surface area contributed by atoms with Crippen LogP contribution in [0.3, 0.4) is 0 Å². The Morgan fingerprint density at radius 3 is 2.89 bits per heavy atom. The van der Waals surface area contributed by atoms with E-state index in [9.17, 15) is 0 Å². The summed E-state index contributed by atoms with van der Waals surface area (Å²) in [5.74, 6) is 1.92. The van der Waals surface area contributed by atoms with E-state index in [0.29, 0.717) is 17.4 Å². The van der Waals surface area contributed by atoms with Gasteiger partial charge >= 0.3 is 0 Å². The first-order valence-electron chi connectivity index (χ1n) is 6.43. The van der Waals surface area contributed by atoms with Crippen molar-refractivity contribution in [2.45, 2.75) is 25.8 Å². The van der Waals surface area contributed by atoms with Gasteiger partial charge in [0.2, 0.25) is 0 Å². The molecule has 1 atom stereocenters. The lowest BCUT2D eigenvalue weighted by atomic mass is 10.3. The first-order valence-corrected chi connectivity index (χ1v) is 6.43. The predicted octanol–water partition coefficient (Wildman–Crippen LogP) is 0.626. The van der Waals surface area contributed by atoms with Crippen molar-refractivity contribution in [1.82, 2.24) is 20.3 Å². The second kappa shape index (κ2) is 4.93. The fraction of sp³-hybridized carbons (Fsp3) is 0.500. The van der Waals surface area contributed by atoms with E-state index in [1.807, 2.05) is 19.1 Å². The van der Waals surface area contributed by atoms with E-state index in [1.54, 1.807) is 0 Å². The Morgan fingerprint density at radius 1 is 1.42 bits per heavy atom. The average Bonchev–Trinajstić information content (AvgIpc) is 3.07. The molecule has 19 heavy (non-hydrogen) atoms. The zero-order valence-electron chi connectivity index (χ0n) is 10.8. The standard InChI is InChI=1S/C12H16N6O/c1-2-10-14-12(19-17-10)9-3-4-11(16-15-9)18-6-5-8(13)7-18/h3-4,8H,2,5-7,13H2,1H3. The molecule has 2 N–H and O–H groups in total. The summed E-state index contributed by atoms with van der Waals surface area (Å²) in [4.78, 5) is 6.36. The van der Waals surface area contributed by atoms with Gasteiger partial charge in [0.05, 0.1) is 0 Å². The number of anilines is 1. The van der Waals surface area contributed by atoms with Crippen molar-refractivity contribution in [2.75, 3.05) is 18.0 Å². The van der Waals surface area contributed by atoms with Gasteiger partial charge in [0.15, 0.2) is 17.3 Å². The highest BCUT2D eigenvalue weighted by Crippen LogP contribution is 2.19. The monoisotopic (exact) mass is 260 g/mol. The van der Waals surface area contributed by atoms with Crippen LogP contribution < -0.4 is 10.6 Å². The summed E-state index contributed by atoms with van der Waals surface area (Å²) in [6, 6.07) is 3.99. The van der Waals surface area contributed by atoms with Crippen LogP contribution in [0.15, 0.2) is 16.7 Å². The molecule has 1 aliphatic rings. The van der Waals surface area contributed by atoms with Crippen molar-refractivity contribution < 1.29 is 4.52 Å². The lowest BCUT2D eigenvalue weighted by molar-refractivity contribution is 0.421. The molecule has 0 aromatic carbocycles. The molecule has 100 valence electrons. The van der Waals surface area contributed by atoms with E-state index in [1.165, 1.54) is 0 Å². The predicted molar refractivity (Wildman–Crippen MR) is 69.5 cm³/mol. The highest BCUT2D eigenvalue weighted by Gasteiger charge is 2.20. The molecule has 1 aliphatic heterocycles. The summed E-state index contributed by atoms with van der Waals surface area (Å²) < 4.78 is 5.13. The molecule has 2 aromatic rings. The van der Waals surface area contributed by atoms with Crippen molar-refractivity contribution in [1.29, 1.82) is 0 Å². The van der Waals surface area contributed by atoms with Crippen molar-refractivity contribution in [3.05, 3.63) is 18.0 Å². The van der Waals surface area contributed by atoms with Crippen LogP contribution in [0.25, 0.3) is 11.6 Å². The summed E-state index contributed by atoms with van der Waals surface area (Å²) in [7, 11) is 0. The molecule has 3 rings (SSSR count). The van der Waals surface area contributed by atoms with Crippen LogP contribution in [-0.4, -0.2) is 39.5 Å². The van der Waals surface area contributed by atoms with Crippen LogP contribution in [0.4, 0.5) is 5.82 Å². The summed E-state index contributed by atoms with van der Waals surface area (Å²) in [5.41, 5.74) is 6.48. The summed E-state index contributed by atoms with van der Waals surface area (Å²) >= 11 is 0. The van der Waals surface area contributed by atoms with Crippen molar-refractivity contribution in [3.63, 3.8) is 0 Å². The second-order valence-electron chi connectivity index (χ2n) is 4.64. The van der Waals surface area contributed by atoms with Gasteiger partial charge in [-0.25, -0.2) is 0 Å². The molecule has 0 radical (unpaired) electrons. The molecule has 7 heteroatoms. The van der Waals surface area contributed by atoms with Crippen LogP contribution >= 0.6 is 0 Å². The highest BCUT2D eigenvalue weighted by atomic mass is 16.5. The molecule has 7 nitrogen and oxygen atoms in total. The zero-order valence-corrected chi connectivity index (χ0v) is 10.8. The molecule has 1 unspecified atom stereocenters. The van der Waals surface area contributed by atoms with Crippen LogP contribution in [-0.2, 0) is 6.42 Å². The summed E-state index contributed by atoms with van der Waals surface area (Å²) in [6.45, 7) is 3.73. The molecule has 2 aromatic heterocycles. The Bertz CT molecular complexity index is 552. The minimum absolute atomic E-state index is 0.226. The Balaban J connectivity index is 1.78. The van der Waals surface area contributed by atoms with Crippen molar-refractivity contribution in [3.8, 4) is 11.6 Å². The van der Waals surface area contributed by atoms with Crippen LogP contribution in [0, 0.1) is 0 Å². The number of nitrogens with zero attached hydrogens (tertiary/aromatic N) is 5. The van der Waals surface area contributed by atoms with Crippen molar-refractivity contribution >= 4 is 5.82 Å². The Hall–Kier alpha value is -2.02. The molecular weight excluding hydrogens is 244 g/mol. The molecule has 1 fully saturated rings. The molecule has 0 amide bonds. The molecule has 3 heterocycles. The van der Waals surface area contributed by atoms with Gasteiger partial charge in [0, 0.05) is 25.6 Å². The lowest BCUT2D eigenvalue weighted by Crippen LogP contribution is -2.27. The summed E-state index contributed by atoms with van der Waals surface area (Å²) in [6.07, 6.45) is 1.73. The van der Waals surface area contributed by atoms with Gasteiger partial charge < -0.3 is 15.2 Å². The van der Waals surface area contributed by atoms with Gasteiger partial charge in [-0.15, -0.1) is 10.2 Å². The molecule has 0 bridgehead atoms. The second-order valence-corrected chi connectivity index (χ2v) is 4.64. The van der Waals surface area contributed by atoms with Gasteiger partial charge in [0.1, 0.15) is 0 Å². The molecular formula is C12H16N6O. The third kappa shape index (κ3) is 2.41. The number of nitrogens with two attached hydrogens (primary N) is 1. The van der Waals surface area contributed by atoms with E-state index in [0.717, 1.165) is 31.7 Å². The van der Waals surface area contributed by atoms with Gasteiger partial charge in [-0.3, -0.25) is 0 Å². The van der Waals surface area contributed by atoms with Crippen LogP contribution in [0.2, 0.25) is 0 Å². The van der Waals surface area contributed by atoms with Crippen molar-refractivity contribution in [2.24, 2.45) is 5.73 Å². The van der Waals surface area contributed by atoms with Gasteiger partial charge in [-0.1, -0.05) is 12.1 Å². The van der Waals surface area contributed by atoms with Gasteiger partial charge in [-0.05, 0) is 18.6 Å². The Kier molecular flexibility index (Phi) is 3.12. The minimum atomic E-state index is 0.226. The fourth-order valence-corrected chi connectivity index (χ4v) is 2.10. The van der Waals surface area contributed by atoms with Gasteiger partial charge in [0.25, 0.3) is 5.89 Å². The van der Waals surface area contributed by atoms with E-state index < -0.39 is 0 Å². The largest absolute Gasteiger partial charge is 0.354 e. The third-order valence-corrected chi connectivity index (χ3v) is 3.20. The molecule has 0 saturated carbocycles. The lowest BCUT2D eigenvalue weighted by Gasteiger charge is -2.15. The average molecular weight is 260 g/mol. The Morgan fingerprint density at radius 2 is 2.32 bits per heavy atom. The van der Waals surface area contributed by atoms with Crippen LogP contribution in [0.5, 0.6) is 0 Å². The number of aromatic nitrogens is 4. The highest BCUT2D eigenvalue weighted by molar-refractivity contribution is 5.49. The van der Waals surface area contributed by atoms with Crippen LogP contribution in [0.1, 0.15) is 19.2 Å². The quantitative estimate of drug-likeness (QED) is 0.864. The minimum Gasteiger partial charge on any atom is -0.354 e. The Labute approximate surface area is 110 Å². The SMILES string of the molecule is CCc1noc(-c2ccc(N3CCC(N)C3)nn2)n1. The first kappa shape index (κ1) is 12.0. The maximum atomic E-state index is 5.88. The molecule has 1 saturated heterocycles. The van der Waals surface area contributed by atoms with E-state index in [4.69, 9.17) is 10.3 Å². The fourth-order valence-electron chi connectivity index (χ4n) is 2.10. The number of rotatable bonds is 3. The normalized spacial score (nSPS) is 19.1. The zero-order chi connectivity index (χ0) is 13.2. The maximum Gasteiger partial charge on any atom is 0.278 e. The summed E-state index contributed by atoms with van der Waals surface area (Å²) in [5, 5.41) is 12.2. The van der Waals surface area contributed by atoms with E-state index in [-0.39, 0.29) is 6.04 Å². The number of hydrogen-bond acceptors (Lipinski definition) is 7. The molecule has 0 spiro atoms. The third-order valence-electron chi connectivity index (χ3n) is 3.20. The van der Waals surface area contributed by atoms with E-state index in [2.05, 4.69) is 25.2 Å². The number of hydrogen-bond donors (Lipinski definition) is 1. The first-order chi connectivity index (χ1) is 9.26. The smallest absolute Gasteiger partial charge is 0.278 e. The van der Waals surface area contributed by atoms with Gasteiger partial charge in [-0.2, -0.15) is 4.98 Å². The maximum absolute atomic E-state index is 5.88. The molecule has 0 aliphatic carbocycles. The van der Waals surface area contributed by atoms with E-state index >= 15 is 0 Å². The topological polar surface area (TPSA) is 94.0 Å².